The number of carbonyl (C=O) groups excluding carboxylic acids is 1. The molecular formula is C18H13ClN2O3. The van der Waals surface area contributed by atoms with Gasteiger partial charge in [-0.25, -0.2) is 5.43 Å². The summed E-state index contributed by atoms with van der Waals surface area (Å²) in [6, 6.07) is 15.3. The molecule has 3 rings (SSSR count). The van der Waals surface area contributed by atoms with Crippen LogP contribution in [0, 0.1) is 0 Å². The molecule has 0 heterocycles. The highest BCUT2D eigenvalue weighted by Crippen LogP contribution is 2.26. The Kier molecular flexibility index (Phi) is 4.35. The number of aromatic hydroxyl groups is 2. The molecule has 0 spiro atoms. The van der Waals surface area contributed by atoms with Crippen LogP contribution in [0.1, 0.15) is 15.9 Å². The Morgan fingerprint density at radius 2 is 1.75 bits per heavy atom. The number of nitrogens with one attached hydrogen (secondary N) is 1. The first kappa shape index (κ1) is 15.8. The van der Waals surface area contributed by atoms with Crippen LogP contribution in [0.5, 0.6) is 11.5 Å². The Bertz CT molecular complexity index is 954. The molecule has 0 aliphatic heterocycles. The molecule has 3 aromatic carbocycles. The van der Waals surface area contributed by atoms with Crippen LogP contribution in [0.15, 0.2) is 59.7 Å². The molecule has 24 heavy (non-hydrogen) atoms. The Labute approximate surface area is 142 Å². The summed E-state index contributed by atoms with van der Waals surface area (Å²) in [5, 5.41) is 25.4. The van der Waals surface area contributed by atoms with E-state index in [1.54, 1.807) is 24.3 Å². The van der Waals surface area contributed by atoms with Gasteiger partial charge < -0.3 is 10.2 Å². The van der Waals surface area contributed by atoms with E-state index in [0.717, 1.165) is 10.8 Å². The maximum Gasteiger partial charge on any atom is 0.275 e. The van der Waals surface area contributed by atoms with Crippen molar-refractivity contribution in [3.05, 3.63) is 70.7 Å². The van der Waals surface area contributed by atoms with E-state index in [1.807, 2.05) is 24.3 Å². The third kappa shape index (κ3) is 3.16. The average molecular weight is 341 g/mol. The highest BCUT2D eigenvalue weighted by Gasteiger charge is 2.12. The van der Waals surface area contributed by atoms with Crippen molar-refractivity contribution < 1.29 is 15.0 Å². The van der Waals surface area contributed by atoms with Gasteiger partial charge in [-0.15, -0.1) is 0 Å². The molecule has 0 aromatic heterocycles. The van der Waals surface area contributed by atoms with E-state index in [9.17, 15) is 15.0 Å². The van der Waals surface area contributed by atoms with Gasteiger partial charge in [0.15, 0.2) is 0 Å². The van der Waals surface area contributed by atoms with Crippen molar-refractivity contribution >= 4 is 34.5 Å². The second-order valence-corrected chi connectivity index (χ2v) is 5.50. The highest BCUT2D eigenvalue weighted by atomic mass is 35.5. The number of rotatable bonds is 3. The summed E-state index contributed by atoms with van der Waals surface area (Å²) in [6.45, 7) is 0. The van der Waals surface area contributed by atoms with Crippen LogP contribution in [0.4, 0.5) is 0 Å². The van der Waals surface area contributed by atoms with E-state index in [2.05, 4.69) is 10.5 Å². The SMILES string of the molecule is O=C(N/N=C\c1cccc(Cl)c1O)c1cc2ccccc2cc1O. The van der Waals surface area contributed by atoms with E-state index in [1.165, 1.54) is 12.3 Å². The largest absolute Gasteiger partial charge is 0.507 e. The quantitative estimate of drug-likeness (QED) is 0.502. The minimum Gasteiger partial charge on any atom is -0.507 e. The van der Waals surface area contributed by atoms with E-state index < -0.39 is 5.91 Å². The fourth-order valence-electron chi connectivity index (χ4n) is 2.27. The normalized spacial score (nSPS) is 11.0. The van der Waals surface area contributed by atoms with Crippen LogP contribution >= 0.6 is 11.6 Å². The number of hydrogen-bond donors (Lipinski definition) is 3. The third-order valence-corrected chi connectivity index (χ3v) is 3.80. The van der Waals surface area contributed by atoms with Crippen molar-refractivity contribution in [3.8, 4) is 11.5 Å². The summed E-state index contributed by atoms with van der Waals surface area (Å²) in [6.07, 6.45) is 1.28. The Balaban J connectivity index is 1.81. The van der Waals surface area contributed by atoms with Crippen LogP contribution in [0.3, 0.4) is 0 Å². The monoisotopic (exact) mass is 340 g/mol. The van der Waals surface area contributed by atoms with Gasteiger partial charge in [0, 0.05) is 5.56 Å². The predicted octanol–water partition coefficient (Wildman–Crippen LogP) is 3.67. The lowest BCUT2D eigenvalue weighted by Crippen LogP contribution is -2.17. The lowest BCUT2D eigenvalue weighted by Gasteiger charge is -2.06. The van der Waals surface area contributed by atoms with Crippen molar-refractivity contribution in [1.29, 1.82) is 0 Å². The zero-order valence-corrected chi connectivity index (χ0v) is 13.2. The number of hydrogen-bond acceptors (Lipinski definition) is 4. The van der Waals surface area contributed by atoms with Crippen LogP contribution in [-0.2, 0) is 0 Å². The lowest BCUT2D eigenvalue weighted by molar-refractivity contribution is 0.0952. The second kappa shape index (κ2) is 6.60. The molecule has 3 N–H and O–H groups in total. The lowest BCUT2D eigenvalue weighted by atomic mass is 10.1. The molecule has 3 aromatic rings. The Morgan fingerprint density at radius 3 is 2.50 bits per heavy atom. The number of para-hydroxylation sites is 1. The van der Waals surface area contributed by atoms with Gasteiger partial charge in [0.25, 0.3) is 5.91 Å². The first-order valence-electron chi connectivity index (χ1n) is 7.09. The number of halogens is 1. The molecule has 0 aliphatic rings. The van der Waals surface area contributed by atoms with Crippen molar-refractivity contribution in [1.82, 2.24) is 5.43 Å². The van der Waals surface area contributed by atoms with Crippen LogP contribution in [-0.4, -0.2) is 22.3 Å². The number of amides is 1. The Hall–Kier alpha value is -3.05. The van der Waals surface area contributed by atoms with Crippen LogP contribution in [0.2, 0.25) is 5.02 Å². The molecule has 6 heteroatoms. The fraction of sp³-hybridized carbons (Fsp3) is 0. The number of phenolic OH excluding ortho intramolecular Hbond substituents is 2. The van der Waals surface area contributed by atoms with E-state index >= 15 is 0 Å². The van der Waals surface area contributed by atoms with Crippen molar-refractivity contribution in [2.24, 2.45) is 5.10 Å². The number of nitrogens with zero attached hydrogens (tertiary/aromatic N) is 1. The minimum absolute atomic E-state index is 0.112. The summed E-state index contributed by atoms with van der Waals surface area (Å²) in [5.74, 6) is -0.811. The molecule has 5 nitrogen and oxygen atoms in total. The number of carbonyl (C=O) groups is 1. The predicted molar refractivity (Wildman–Crippen MR) is 93.8 cm³/mol. The van der Waals surface area contributed by atoms with Gasteiger partial charge in [0.1, 0.15) is 11.5 Å². The molecule has 1 amide bonds. The zero-order chi connectivity index (χ0) is 17.1. The first-order chi connectivity index (χ1) is 11.6. The molecule has 0 saturated carbocycles. The topological polar surface area (TPSA) is 81.9 Å². The molecule has 0 radical (unpaired) electrons. The van der Waals surface area contributed by atoms with Crippen LogP contribution in [0.25, 0.3) is 10.8 Å². The molecule has 120 valence electrons. The number of fused-ring (bicyclic) bond motifs is 1. The first-order valence-corrected chi connectivity index (χ1v) is 7.46. The summed E-state index contributed by atoms with van der Waals surface area (Å²) < 4.78 is 0. The molecular weight excluding hydrogens is 328 g/mol. The highest BCUT2D eigenvalue weighted by molar-refractivity contribution is 6.32. The number of hydrazone groups is 1. The fourth-order valence-corrected chi connectivity index (χ4v) is 2.45. The van der Waals surface area contributed by atoms with Gasteiger partial charge in [-0.3, -0.25) is 4.79 Å². The third-order valence-electron chi connectivity index (χ3n) is 3.50. The van der Waals surface area contributed by atoms with E-state index in [-0.39, 0.29) is 22.1 Å². The molecule has 0 unspecified atom stereocenters. The molecule has 0 fully saturated rings. The molecule has 0 aliphatic carbocycles. The second-order valence-electron chi connectivity index (χ2n) is 5.09. The van der Waals surface area contributed by atoms with Gasteiger partial charge in [0.2, 0.25) is 0 Å². The van der Waals surface area contributed by atoms with Gasteiger partial charge in [-0.2, -0.15) is 5.10 Å². The van der Waals surface area contributed by atoms with Crippen molar-refractivity contribution in [2.45, 2.75) is 0 Å². The zero-order valence-electron chi connectivity index (χ0n) is 12.4. The number of phenols is 2. The van der Waals surface area contributed by atoms with Crippen LogP contribution < -0.4 is 5.43 Å². The van der Waals surface area contributed by atoms with Gasteiger partial charge in [-0.05, 0) is 35.0 Å². The van der Waals surface area contributed by atoms with Gasteiger partial charge in [-0.1, -0.05) is 41.9 Å². The smallest absolute Gasteiger partial charge is 0.275 e. The van der Waals surface area contributed by atoms with Crippen molar-refractivity contribution in [3.63, 3.8) is 0 Å². The average Bonchev–Trinajstić information content (AvgIpc) is 2.58. The maximum atomic E-state index is 12.2. The van der Waals surface area contributed by atoms with Crippen molar-refractivity contribution in [2.75, 3.05) is 0 Å². The van der Waals surface area contributed by atoms with E-state index in [4.69, 9.17) is 11.6 Å². The standard InChI is InChI=1S/C18H13ClN2O3/c19-15-7-3-6-13(17(15)23)10-20-21-18(24)14-8-11-4-1-2-5-12(11)9-16(14)22/h1-10,22-23H,(H,21,24)/b20-10-. The molecule has 0 atom stereocenters. The summed E-state index contributed by atoms with van der Waals surface area (Å²) in [7, 11) is 0. The molecule has 0 saturated heterocycles. The van der Waals surface area contributed by atoms with E-state index in [0.29, 0.717) is 5.56 Å². The van der Waals surface area contributed by atoms with Gasteiger partial charge in [0.05, 0.1) is 16.8 Å². The number of benzene rings is 3. The maximum absolute atomic E-state index is 12.2. The summed E-state index contributed by atoms with van der Waals surface area (Å²) >= 11 is 5.80. The minimum atomic E-state index is -0.559. The molecule has 0 bridgehead atoms. The summed E-state index contributed by atoms with van der Waals surface area (Å²) in [4.78, 5) is 12.2. The summed E-state index contributed by atoms with van der Waals surface area (Å²) in [5.41, 5.74) is 2.79. The Morgan fingerprint density at radius 1 is 1.04 bits per heavy atom. The van der Waals surface area contributed by atoms with Gasteiger partial charge >= 0.3 is 0 Å².